The van der Waals surface area contributed by atoms with Gasteiger partial charge in [-0.15, -0.1) is 0 Å². The van der Waals surface area contributed by atoms with Crippen LogP contribution in [-0.4, -0.2) is 25.4 Å². The van der Waals surface area contributed by atoms with Crippen LogP contribution in [0, 0.1) is 11.8 Å². The highest BCUT2D eigenvalue weighted by Crippen LogP contribution is 2.38. The maximum Gasteiger partial charge on any atom is 0.117 e. The standard InChI is InChI=1S/C8H10O3/c1-2-8-6-4-9-3-5(6)7(1)10-11-8/h1-2,5-8H,3-4H2/t5-,6+,7-,8+. The van der Waals surface area contributed by atoms with E-state index in [0.717, 1.165) is 13.2 Å². The zero-order valence-electron chi connectivity index (χ0n) is 6.10. The van der Waals surface area contributed by atoms with Gasteiger partial charge in [-0.2, -0.15) is 0 Å². The lowest BCUT2D eigenvalue weighted by Gasteiger charge is -2.38. The third kappa shape index (κ3) is 0.732. The van der Waals surface area contributed by atoms with E-state index in [1.54, 1.807) is 0 Å². The molecule has 0 radical (unpaired) electrons. The topological polar surface area (TPSA) is 27.7 Å². The first-order chi connectivity index (χ1) is 5.45. The van der Waals surface area contributed by atoms with Gasteiger partial charge in [0.1, 0.15) is 12.2 Å². The van der Waals surface area contributed by atoms with Crippen LogP contribution in [0.2, 0.25) is 0 Å². The molecule has 2 fully saturated rings. The van der Waals surface area contributed by atoms with Crippen LogP contribution >= 0.6 is 0 Å². The molecule has 0 N–H and O–H groups in total. The van der Waals surface area contributed by atoms with Crippen LogP contribution in [0.4, 0.5) is 0 Å². The van der Waals surface area contributed by atoms with Gasteiger partial charge in [-0.3, -0.25) is 0 Å². The van der Waals surface area contributed by atoms with Gasteiger partial charge in [0.05, 0.1) is 13.2 Å². The molecule has 2 bridgehead atoms. The van der Waals surface area contributed by atoms with E-state index in [1.165, 1.54) is 0 Å². The average molecular weight is 154 g/mol. The van der Waals surface area contributed by atoms with Crippen molar-refractivity contribution >= 4 is 0 Å². The Morgan fingerprint density at radius 2 is 1.45 bits per heavy atom. The lowest BCUT2D eigenvalue weighted by atomic mass is 9.81. The Morgan fingerprint density at radius 1 is 0.909 bits per heavy atom. The van der Waals surface area contributed by atoms with Crippen molar-refractivity contribution in [3.63, 3.8) is 0 Å². The lowest BCUT2D eigenvalue weighted by molar-refractivity contribution is -0.383. The Bertz CT molecular complexity index is 182. The third-order valence-electron chi connectivity index (χ3n) is 2.78. The second-order valence-corrected chi connectivity index (χ2v) is 3.37. The average Bonchev–Trinajstić information content (AvgIpc) is 2.55. The molecule has 0 aromatic carbocycles. The summed E-state index contributed by atoms with van der Waals surface area (Å²) in [5.41, 5.74) is 0. The van der Waals surface area contributed by atoms with Crippen LogP contribution in [0.25, 0.3) is 0 Å². The quantitative estimate of drug-likeness (QED) is 0.376. The first kappa shape index (κ1) is 6.17. The zero-order valence-corrected chi connectivity index (χ0v) is 6.10. The maximum absolute atomic E-state index is 5.37. The largest absolute Gasteiger partial charge is 0.381 e. The number of ether oxygens (including phenoxy) is 1. The molecule has 4 atom stereocenters. The molecule has 3 heterocycles. The molecule has 0 saturated carbocycles. The molecule has 0 unspecified atom stereocenters. The first-order valence-corrected chi connectivity index (χ1v) is 4.03. The second kappa shape index (κ2) is 2.06. The Labute approximate surface area is 64.9 Å². The van der Waals surface area contributed by atoms with E-state index >= 15 is 0 Å². The summed E-state index contributed by atoms with van der Waals surface area (Å²) in [6.07, 6.45) is 4.47. The van der Waals surface area contributed by atoms with E-state index in [9.17, 15) is 0 Å². The molecule has 0 spiro atoms. The molecule has 3 nitrogen and oxygen atoms in total. The Hall–Kier alpha value is -0.380. The van der Waals surface area contributed by atoms with Gasteiger partial charge < -0.3 is 4.74 Å². The molecule has 2 saturated heterocycles. The number of rotatable bonds is 0. The van der Waals surface area contributed by atoms with Crippen molar-refractivity contribution in [1.29, 1.82) is 0 Å². The summed E-state index contributed by atoms with van der Waals surface area (Å²) in [6.45, 7) is 1.67. The maximum atomic E-state index is 5.37. The summed E-state index contributed by atoms with van der Waals surface area (Å²) in [7, 11) is 0. The van der Waals surface area contributed by atoms with Crippen molar-refractivity contribution in [3.8, 4) is 0 Å². The summed E-state index contributed by atoms with van der Waals surface area (Å²) in [4.78, 5) is 10.2. The van der Waals surface area contributed by atoms with E-state index in [-0.39, 0.29) is 12.2 Å². The van der Waals surface area contributed by atoms with Crippen molar-refractivity contribution in [1.82, 2.24) is 0 Å². The molecule has 60 valence electrons. The number of fused-ring (bicyclic) bond motifs is 1. The van der Waals surface area contributed by atoms with Crippen molar-refractivity contribution in [2.45, 2.75) is 12.2 Å². The van der Waals surface area contributed by atoms with Crippen molar-refractivity contribution in [3.05, 3.63) is 12.2 Å². The molecule has 4 aliphatic rings. The molecule has 3 heteroatoms. The van der Waals surface area contributed by atoms with Crippen molar-refractivity contribution in [2.75, 3.05) is 13.2 Å². The highest BCUT2D eigenvalue weighted by Gasteiger charge is 2.46. The molecular weight excluding hydrogens is 144 g/mol. The minimum Gasteiger partial charge on any atom is -0.381 e. The Morgan fingerprint density at radius 3 is 1.91 bits per heavy atom. The van der Waals surface area contributed by atoms with E-state index in [2.05, 4.69) is 12.2 Å². The number of hydrogen-bond donors (Lipinski definition) is 0. The summed E-state index contributed by atoms with van der Waals surface area (Å²) in [5, 5.41) is 0. The highest BCUT2D eigenvalue weighted by molar-refractivity contribution is 5.10. The molecule has 0 amide bonds. The molecule has 0 aromatic heterocycles. The van der Waals surface area contributed by atoms with Gasteiger partial charge in [-0.25, -0.2) is 9.78 Å². The molecule has 0 aromatic rings. The van der Waals surface area contributed by atoms with Gasteiger partial charge >= 0.3 is 0 Å². The summed E-state index contributed by atoms with van der Waals surface area (Å²) < 4.78 is 5.37. The van der Waals surface area contributed by atoms with Gasteiger partial charge in [-0.05, 0) is 0 Å². The summed E-state index contributed by atoms with van der Waals surface area (Å²) in [6, 6.07) is 0. The van der Waals surface area contributed by atoms with Gasteiger partial charge in [-0.1, -0.05) is 12.2 Å². The van der Waals surface area contributed by atoms with Crippen LogP contribution in [-0.2, 0) is 14.5 Å². The molecule has 11 heavy (non-hydrogen) atoms. The van der Waals surface area contributed by atoms with E-state index in [4.69, 9.17) is 14.5 Å². The third-order valence-corrected chi connectivity index (χ3v) is 2.78. The van der Waals surface area contributed by atoms with E-state index in [1.807, 2.05) is 0 Å². The van der Waals surface area contributed by atoms with Gasteiger partial charge in [0, 0.05) is 11.8 Å². The fraction of sp³-hybridized carbons (Fsp3) is 0.750. The highest BCUT2D eigenvalue weighted by atomic mass is 17.2. The van der Waals surface area contributed by atoms with Crippen LogP contribution < -0.4 is 0 Å². The first-order valence-electron chi connectivity index (χ1n) is 4.03. The monoisotopic (exact) mass is 154 g/mol. The van der Waals surface area contributed by atoms with Gasteiger partial charge in [0.25, 0.3) is 0 Å². The SMILES string of the molecule is C1=C[C@H]2OO[C@@H]1[C@H]1COC[C@H]12. The molecular formula is C8H10O3. The van der Waals surface area contributed by atoms with Gasteiger partial charge in [0.15, 0.2) is 0 Å². The van der Waals surface area contributed by atoms with E-state index in [0.29, 0.717) is 11.8 Å². The predicted octanol–water partition coefficient (Wildman–Crippen LogP) is 0.518. The summed E-state index contributed by atoms with van der Waals surface area (Å²) >= 11 is 0. The van der Waals surface area contributed by atoms with Crippen LogP contribution in [0.3, 0.4) is 0 Å². The zero-order chi connectivity index (χ0) is 7.26. The van der Waals surface area contributed by atoms with Crippen LogP contribution in [0.5, 0.6) is 0 Å². The molecule has 3 aliphatic heterocycles. The normalized spacial score (nSPS) is 53.1. The van der Waals surface area contributed by atoms with E-state index < -0.39 is 0 Å². The van der Waals surface area contributed by atoms with Crippen molar-refractivity contribution < 1.29 is 14.5 Å². The van der Waals surface area contributed by atoms with Crippen LogP contribution in [0.15, 0.2) is 12.2 Å². The second-order valence-electron chi connectivity index (χ2n) is 3.37. The fourth-order valence-corrected chi connectivity index (χ4v) is 2.10. The smallest absolute Gasteiger partial charge is 0.117 e. The lowest BCUT2D eigenvalue weighted by Crippen LogP contribution is -2.45. The Balaban J connectivity index is 1.97. The molecule has 1 aliphatic carbocycles. The van der Waals surface area contributed by atoms with Crippen LogP contribution in [0.1, 0.15) is 0 Å². The summed E-state index contributed by atoms with van der Waals surface area (Å²) in [5.74, 6) is 1.08. The Kier molecular flexibility index (Phi) is 1.16. The fourth-order valence-electron chi connectivity index (χ4n) is 2.10. The van der Waals surface area contributed by atoms with Crippen molar-refractivity contribution in [2.24, 2.45) is 11.8 Å². The minimum absolute atomic E-state index is 0.146. The minimum atomic E-state index is 0.146. The number of hydrogen-bond acceptors (Lipinski definition) is 3. The van der Waals surface area contributed by atoms with Gasteiger partial charge in [0.2, 0.25) is 0 Å². The predicted molar refractivity (Wildman–Crippen MR) is 36.7 cm³/mol. The molecule has 4 rings (SSSR count).